The SMILES string of the molecule is CCCNC(=O)CCC(=O)c1ccccc1C1=C(c2ccc(S(C)(=O)=O)cc2)COC1=O. The predicted octanol–water partition coefficient (Wildman–Crippen LogP) is 3.05. The molecule has 0 atom stereocenters. The van der Waals surface area contributed by atoms with Gasteiger partial charge in [-0.3, -0.25) is 9.59 Å². The zero-order chi connectivity index (χ0) is 23.3. The fraction of sp³-hybridized carbons (Fsp3) is 0.292. The lowest BCUT2D eigenvalue weighted by molar-refractivity contribution is -0.133. The summed E-state index contributed by atoms with van der Waals surface area (Å²) in [6.45, 7) is 2.53. The van der Waals surface area contributed by atoms with Gasteiger partial charge in [-0.2, -0.15) is 0 Å². The van der Waals surface area contributed by atoms with Gasteiger partial charge in [-0.05, 0) is 24.1 Å². The molecule has 1 aliphatic heterocycles. The van der Waals surface area contributed by atoms with Crippen LogP contribution < -0.4 is 5.32 Å². The maximum absolute atomic E-state index is 12.9. The lowest BCUT2D eigenvalue weighted by Crippen LogP contribution is -2.24. The summed E-state index contributed by atoms with van der Waals surface area (Å²) in [4.78, 5) is 37.5. The van der Waals surface area contributed by atoms with Crippen LogP contribution >= 0.6 is 0 Å². The molecule has 0 saturated heterocycles. The minimum Gasteiger partial charge on any atom is -0.457 e. The molecule has 1 N–H and O–H groups in total. The van der Waals surface area contributed by atoms with Gasteiger partial charge in [-0.1, -0.05) is 43.3 Å². The summed E-state index contributed by atoms with van der Waals surface area (Å²) in [5, 5.41) is 2.74. The van der Waals surface area contributed by atoms with E-state index in [1.807, 2.05) is 6.92 Å². The molecule has 0 fully saturated rings. The van der Waals surface area contributed by atoms with Crippen molar-refractivity contribution in [3.63, 3.8) is 0 Å². The highest BCUT2D eigenvalue weighted by molar-refractivity contribution is 7.90. The third-order valence-electron chi connectivity index (χ3n) is 5.13. The Morgan fingerprint density at radius 1 is 1.03 bits per heavy atom. The number of hydrogen-bond donors (Lipinski definition) is 1. The zero-order valence-corrected chi connectivity index (χ0v) is 18.8. The Morgan fingerprint density at radius 3 is 2.38 bits per heavy atom. The van der Waals surface area contributed by atoms with Gasteiger partial charge in [0.05, 0.1) is 10.5 Å². The van der Waals surface area contributed by atoms with Crippen molar-refractivity contribution in [1.82, 2.24) is 5.32 Å². The number of hydrogen-bond acceptors (Lipinski definition) is 6. The van der Waals surface area contributed by atoms with Crippen molar-refractivity contribution in [3.8, 4) is 0 Å². The Kier molecular flexibility index (Phi) is 7.25. The predicted molar refractivity (Wildman–Crippen MR) is 121 cm³/mol. The van der Waals surface area contributed by atoms with E-state index in [2.05, 4.69) is 5.32 Å². The summed E-state index contributed by atoms with van der Waals surface area (Å²) >= 11 is 0. The van der Waals surface area contributed by atoms with Gasteiger partial charge in [-0.25, -0.2) is 13.2 Å². The average Bonchev–Trinajstić information content (AvgIpc) is 3.16. The van der Waals surface area contributed by atoms with E-state index < -0.39 is 15.8 Å². The van der Waals surface area contributed by atoms with Gasteiger partial charge in [-0.15, -0.1) is 0 Å². The number of sulfone groups is 1. The molecule has 3 rings (SSSR count). The molecule has 0 spiro atoms. The van der Waals surface area contributed by atoms with Crippen LogP contribution in [0.4, 0.5) is 0 Å². The van der Waals surface area contributed by atoms with Gasteiger partial charge in [0.25, 0.3) is 0 Å². The fourth-order valence-electron chi connectivity index (χ4n) is 3.47. The third kappa shape index (κ3) is 5.31. The van der Waals surface area contributed by atoms with E-state index >= 15 is 0 Å². The molecule has 0 aliphatic carbocycles. The molecule has 0 aromatic heterocycles. The Balaban J connectivity index is 1.94. The van der Waals surface area contributed by atoms with E-state index in [4.69, 9.17) is 4.74 Å². The van der Waals surface area contributed by atoms with Crippen LogP contribution in [0.25, 0.3) is 11.1 Å². The molecule has 1 aliphatic rings. The summed E-state index contributed by atoms with van der Waals surface area (Å²) < 4.78 is 28.7. The molecule has 2 aromatic carbocycles. The van der Waals surface area contributed by atoms with Gasteiger partial charge >= 0.3 is 5.97 Å². The normalized spacial score (nSPS) is 13.8. The molecule has 0 saturated carbocycles. The first kappa shape index (κ1) is 23.4. The number of benzene rings is 2. The van der Waals surface area contributed by atoms with E-state index in [0.29, 0.717) is 28.8 Å². The summed E-state index contributed by atoms with van der Waals surface area (Å²) in [6.07, 6.45) is 2.02. The largest absolute Gasteiger partial charge is 0.457 e. The van der Waals surface area contributed by atoms with Crippen LogP contribution in [-0.4, -0.2) is 45.5 Å². The zero-order valence-electron chi connectivity index (χ0n) is 18.0. The highest BCUT2D eigenvalue weighted by Gasteiger charge is 2.30. The van der Waals surface area contributed by atoms with Crippen molar-refractivity contribution in [3.05, 3.63) is 65.2 Å². The van der Waals surface area contributed by atoms with Crippen LogP contribution in [0.2, 0.25) is 0 Å². The van der Waals surface area contributed by atoms with Crippen molar-refractivity contribution in [2.75, 3.05) is 19.4 Å². The first-order valence-corrected chi connectivity index (χ1v) is 12.2. The smallest absolute Gasteiger partial charge is 0.339 e. The van der Waals surface area contributed by atoms with Gasteiger partial charge < -0.3 is 10.1 Å². The minimum absolute atomic E-state index is 0.0211. The van der Waals surface area contributed by atoms with Crippen LogP contribution in [0, 0.1) is 0 Å². The van der Waals surface area contributed by atoms with Crippen molar-refractivity contribution < 1.29 is 27.5 Å². The second-order valence-electron chi connectivity index (χ2n) is 7.54. The van der Waals surface area contributed by atoms with E-state index in [9.17, 15) is 22.8 Å². The van der Waals surface area contributed by atoms with Crippen molar-refractivity contribution >= 4 is 38.6 Å². The van der Waals surface area contributed by atoms with Crippen LogP contribution in [0.3, 0.4) is 0 Å². The van der Waals surface area contributed by atoms with Crippen molar-refractivity contribution in [2.45, 2.75) is 31.1 Å². The summed E-state index contributed by atoms with van der Waals surface area (Å²) in [5.41, 5.74) is 2.28. The quantitative estimate of drug-likeness (QED) is 0.460. The van der Waals surface area contributed by atoms with Crippen molar-refractivity contribution in [2.24, 2.45) is 0 Å². The van der Waals surface area contributed by atoms with E-state index in [-0.39, 0.29) is 41.6 Å². The molecular formula is C24H25NO6S. The Hall–Kier alpha value is -3.26. The maximum atomic E-state index is 12.9. The monoisotopic (exact) mass is 455 g/mol. The topological polar surface area (TPSA) is 107 Å². The van der Waals surface area contributed by atoms with Crippen LogP contribution in [0.1, 0.15) is 47.7 Å². The number of carbonyl (C=O) groups is 3. The molecule has 32 heavy (non-hydrogen) atoms. The molecule has 0 radical (unpaired) electrons. The van der Waals surface area contributed by atoms with Crippen molar-refractivity contribution in [1.29, 1.82) is 0 Å². The Bertz CT molecular complexity index is 1180. The first-order chi connectivity index (χ1) is 15.2. The molecule has 7 nitrogen and oxygen atoms in total. The molecule has 2 aromatic rings. The number of ether oxygens (including phenoxy) is 1. The fourth-order valence-corrected chi connectivity index (χ4v) is 4.10. The van der Waals surface area contributed by atoms with Crippen LogP contribution in [0.5, 0.6) is 0 Å². The van der Waals surface area contributed by atoms with Crippen LogP contribution in [0.15, 0.2) is 53.4 Å². The lowest BCUT2D eigenvalue weighted by Gasteiger charge is -2.10. The van der Waals surface area contributed by atoms with Gasteiger partial charge in [0.15, 0.2) is 15.6 Å². The Labute approximate surface area is 187 Å². The highest BCUT2D eigenvalue weighted by atomic mass is 32.2. The number of Topliss-reactive ketones (excluding diaryl/α,β-unsaturated/α-hetero) is 1. The van der Waals surface area contributed by atoms with Gasteiger partial charge in [0, 0.05) is 42.3 Å². The standard InChI is InChI=1S/C24H25NO6S/c1-3-14-25-22(27)13-12-21(26)18-6-4-5-7-19(18)23-20(15-31-24(23)28)16-8-10-17(11-9-16)32(2,29)30/h4-11H,3,12-15H2,1-2H3,(H,25,27). The number of ketones is 1. The Morgan fingerprint density at radius 2 is 1.72 bits per heavy atom. The van der Waals surface area contributed by atoms with Gasteiger partial charge in [0.1, 0.15) is 6.61 Å². The number of carbonyl (C=O) groups excluding carboxylic acids is 3. The van der Waals surface area contributed by atoms with Gasteiger partial charge in [0.2, 0.25) is 5.91 Å². The number of amides is 1. The highest BCUT2D eigenvalue weighted by Crippen LogP contribution is 2.35. The van der Waals surface area contributed by atoms with E-state index in [1.54, 1.807) is 36.4 Å². The molecular weight excluding hydrogens is 430 g/mol. The summed E-state index contributed by atoms with van der Waals surface area (Å²) in [5.74, 6) is -0.983. The molecule has 0 bridgehead atoms. The van der Waals surface area contributed by atoms with E-state index in [0.717, 1.165) is 12.7 Å². The molecule has 1 heterocycles. The molecule has 0 unspecified atom stereocenters. The maximum Gasteiger partial charge on any atom is 0.339 e. The van der Waals surface area contributed by atoms with E-state index in [1.165, 1.54) is 12.1 Å². The number of nitrogens with one attached hydrogen (secondary N) is 1. The lowest BCUT2D eigenvalue weighted by atomic mass is 9.91. The second kappa shape index (κ2) is 9.91. The number of cyclic esters (lactones) is 1. The third-order valence-corrected chi connectivity index (χ3v) is 6.26. The number of esters is 1. The molecule has 1 amide bonds. The second-order valence-corrected chi connectivity index (χ2v) is 9.56. The average molecular weight is 456 g/mol. The molecule has 8 heteroatoms. The summed E-state index contributed by atoms with van der Waals surface area (Å²) in [6, 6.07) is 12.9. The minimum atomic E-state index is -3.35. The van der Waals surface area contributed by atoms with Crippen LogP contribution in [-0.2, 0) is 24.2 Å². The number of rotatable bonds is 9. The first-order valence-electron chi connectivity index (χ1n) is 10.3. The summed E-state index contributed by atoms with van der Waals surface area (Å²) in [7, 11) is -3.35. The molecule has 168 valence electrons.